The lowest BCUT2D eigenvalue weighted by atomic mass is 9.85. The fourth-order valence-electron chi connectivity index (χ4n) is 7.42. The van der Waals surface area contributed by atoms with Crippen molar-refractivity contribution in [2.24, 2.45) is 22.3 Å². The maximum atomic E-state index is 13.9. The van der Waals surface area contributed by atoms with E-state index in [1.54, 1.807) is 0 Å². The fourth-order valence-corrected chi connectivity index (χ4v) is 8.53. The molecule has 45 heavy (non-hydrogen) atoms. The van der Waals surface area contributed by atoms with Gasteiger partial charge in [0.05, 0.1) is 25.3 Å². The lowest BCUT2D eigenvalue weighted by Gasteiger charge is -2.40. The van der Waals surface area contributed by atoms with Crippen LogP contribution in [0.15, 0.2) is 0 Å². The molecule has 8 atom stereocenters. The summed E-state index contributed by atoms with van der Waals surface area (Å²) < 4.78 is 49.4. The van der Waals surface area contributed by atoms with Crippen molar-refractivity contribution in [1.82, 2.24) is 19.6 Å². The molecule has 6 aliphatic rings. The highest BCUT2D eigenvalue weighted by Crippen LogP contribution is 2.45. The third-order valence-electron chi connectivity index (χ3n) is 10.1. The molecule has 6 amide bonds. The number of primary amides is 2. The van der Waals surface area contributed by atoms with Crippen molar-refractivity contribution in [3.05, 3.63) is 0 Å². The minimum absolute atomic E-state index is 0.00854. The van der Waals surface area contributed by atoms with Crippen LogP contribution in [0.3, 0.4) is 0 Å². The van der Waals surface area contributed by atoms with Gasteiger partial charge in [0, 0.05) is 25.9 Å². The van der Waals surface area contributed by atoms with E-state index in [4.69, 9.17) is 29.3 Å². The molecule has 0 aromatic heterocycles. The van der Waals surface area contributed by atoms with Gasteiger partial charge in [-0.3, -0.25) is 29.0 Å². The molecular weight excluding hydrogens is 620 g/mol. The molecule has 6 saturated heterocycles. The summed E-state index contributed by atoms with van der Waals surface area (Å²) in [5, 5.41) is 0. The number of nitrogens with two attached hydrogens (primary N) is 2. The zero-order valence-corrected chi connectivity index (χ0v) is 25.6. The van der Waals surface area contributed by atoms with Crippen LogP contribution >= 0.6 is 0 Å². The molecule has 4 bridgehead atoms. The number of urea groups is 2. The SMILES string of the molecule is C[C@]1(C(OS(=O)(=O)OC(N2C(=O)N3CC2CCC3C(N)=O)[C@@]2(C)CCOC2=O)N2C(=O)N3CC2CCC3C(N)=O)CCOC1=O. The lowest BCUT2D eigenvalue weighted by Crippen LogP contribution is -2.57. The van der Waals surface area contributed by atoms with Gasteiger partial charge in [0.1, 0.15) is 22.9 Å². The van der Waals surface area contributed by atoms with E-state index in [1.165, 1.54) is 23.6 Å². The maximum absolute atomic E-state index is 13.9. The van der Waals surface area contributed by atoms with E-state index < -0.39 is 93.7 Å². The van der Waals surface area contributed by atoms with Crippen LogP contribution in [-0.2, 0) is 47.4 Å². The minimum Gasteiger partial charge on any atom is -0.465 e. The largest absolute Gasteiger partial charge is 0.465 e. The van der Waals surface area contributed by atoms with E-state index in [2.05, 4.69) is 0 Å². The van der Waals surface area contributed by atoms with Gasteiger partial charge in [-0.1, -0.05) is 0 Å². The number of ether oxygens (including phenoxy) is 2. The van der Waals surface area contributed by atoms with Gasteiger partial charge in [0.15, 0.2) is 12.5 Å². The number of nitrogens with zero attached hydrogens (tertiary/aromatic N) is 4. The van der Waals surface area contributed by atoms with Crippen LogP contribution < -0.4 is 11.5 Å². The van der Waals surface area contributed by atoms with Gasteiger partial charge < -0.3 is 30.7 Å². The predicted molar refractivity (Wildman–Crippen MR) is 146 cm³/mol. The predicted octanol–water partition coefficient (Wildman–Crippen LogP) is -1.67. The number of hydrogen-bond acceptors (Lipinski definition) is 12. The first kappa shape index (κ1) is 31.3. The van der Waals surface area contributed by atoms with Crippen molar-refractivity contribution < 1.29 is 55.0 Å². The van der Waals surface area contributed by atoms with Gasteiger partial charge in [-0.2, -0.15) is 8.42 Å². The Morgan fingerprint density at radius 1 is 0.756 bits per heavy atom. The summed E-state index contributed by atoms with van der Waals surface area (Å²) in [5.74, 6) is -3.07. The van der Waals surface area contributed by atoms with Gasteiger partial charge in [-0.05, 0) is 39.5 Å². The third-order valence-corrected chi connectivity index (χ3v) is 11.0. The zero-order chi connectivity index (χ0) is 32.6. The second-order valence-corrected chi connectivity index (χ2v) is 14.1. The molecule has 0 radical (unpaired) electrons. The molecule has 0 aromatic rings. The number of hydrogen-bond donors (Lipinski definition) is 2. The third kappa shape index (κ3) is 4.86. The highest BCUT2D eigenvalue weighted by molar-refractivity contribution is 7.81. The van der Waals surface area contributed by atoms with Crippen LogP contribution in [0, 0.1) is 10.8 Å². The maximum Gasteiger partial charge on any atom is 0.403 e. The minimum atomic E-state index is -5.24. The molecule has 6 rings (SSSR count). The number of carbonyl (C=O) groups excluding carboxylic acids is 6. The van der Waals surface area contributed by atoms with Crippen molar-refractivity contribution in [3.8, 4) is 0 Å². The van der Waals surface area contributed by atoms with Crippen molar-refractivity contribution in [2.75, 3.05) is 26.3 Å². The normalized spacial score (nSPS) is 36.0. The molecule has 248 valence electrons. The van der Waals surface area contributed by atoms with Crippen LogP contribution in [0.2, 0.25) is 0 Å². The van der Waals surface area contributed by atoms with Gasteiger partial charge in [0.2, 0.25) is 11.8 Å². The van der Waals surface area contributed by atoms with E-state index in [-0.39, 0.29) is 64.8 Å². The molecule has 0 aliphatic carbocycles. The first-order valence-corrected chi connectivity index (χ1v) is 16.1. The average Bonchev–Trinajstić information content (AvgIpc) is 3.65. The molecule has 6 aliphatic heterocycles. The number of piperidine rings is 2. The van der Waals surface area contributed by atoms with Crippen LogP contribution in [0.25, 0.3) is 0 Å². The summed E-state index contributed by atoms with van der Waals surface area (Å²) in [6, 6.07) is -4.61. The van der Waals surface area contributed by atoms with E-state index >= 15 is 0 Å². The molecular formula is C26H36N6O12S. The Kier molecular flexibility index (Phi) is 7.43. The summed E-state index contributed by atoms with van der Waals surface area (Å²) in [6.45, 7) is 2.76. The van der Waals surface area contributed by atoms with Gasteiger partial charge >= 0.3 is 34.4 Å². The molecule has 6 heterocycles. The number of esters is 2. The van der Waals surface area contributed by atoms with Gasteiger partial charge in [0.25, 0.3) is 0 Å². The zero-order valence-electron chi connectivity index (χ0n) is 24.8. The Balaban J connectivity index is 1.35. The first-order valence-electron chi connectivity index (χ1n) is 14.8. The second-order valence-electron chi connectivity index (χ2n) is 12.9. The summed E-state index contributed by atoms with van der Waals surface area (Å²) in [4.78, 5) is 82.1. The Morgan fingerprint density at radius 2 is 1.13 bits per heavy atom. The highest BCUT2D eigenvalue weighted by Gasteiger charge is 2.62. The summed E-state index contributed by atoms with van der Waals surface area (Å²) in [5.41, 5.74) is 7.68. The quantitative estimate of drug-likeness (QED) is 0.251. The Morgan fingerprint density at radius 3 is 1.44 bits per heavy atom. The Hall–Kier alpha value is -3.71. The Labute approximate surface area is 258 Å². The van der Waals surface area contributed by atoms with Crippen molar-refractivity contribution in [3.63, 3.8) is 0 Å². The van der Waals surface area contributed by atoms with Crippen LogP contribution in [0.1, 0.15) is 52.4 Å². The standard InChI is InChI=1S/C26H36N6O12S/c1-25(7-9-41-21(25)35)19(31-13-3-5-15(17(27)33)29(11-13)23(31)37)43-45(39,40)44-20(26(2)8-10-42-22(26)36)32-14-4-6-16(18(28)34)30(12-14)24(32)38/h13-16,19-20H,3-12H2,1-2H3,(H2,27,33)(H2,28,34)/t13?,14?,15?,16?,19?,20?,25-,26-/m1/s1. The van der Waals surface area contributed by atoms with Crippen molar-refractivity contribution >= 4 is 46.2 Å². The van der Waals surface area contributed by atoms with Crippen molar-refractivity contribution in [2.45, 2.75) is 89.0 Å². The van der Waals surface area contributed by atoms with E-state index in [0.717, 1.165) is 9.80 Å². The monoisotopic (exact) mass is 656 g/mol. The highest BCUT2D eigenvalue weighted by atomic mass is 32.3. The van der Waals surface area contributed by atoms with E-state index in [1.807, 2.05) is 0 Å². The van der Waals surface area contributed by atoms with Crippen LogP contribution in [0.5, 0.6) is 0 Å². The summed E-state index contributed by atoms with van der Waals surface area (Å²) in [7, 11) is -5.24. The smallest absolute Gasteiger partial charge is 0.403 e. The van der Waals surface area contributed by atoms with Crippen molar-refractivity contribution in [1.29, 1.82) is 0 Å². The summed E-state index contributed by atoms with van der Waals surface area (Å²) >= 11 is 0. The van der Waals surface area contributed by atoms with Crippen LogP contribution in [-0.4, -0.2) is 127 Å². The first-order chi connectivity index (χ1) is 21.1. The molecule has 0 aromatic carbocycles. The second kappa shape index (κ2) is 10.7. The van der Waals surface area contributed by atoms with Gasteiger partial charge in [-0.25, -0.2) is 18.0 Å². The molecule has 6 unspecified atom stereocenters. The Bertz CT molecular complexity index is 1360. The number of amides is 6. The van der Waals surface area contributed by atoms with E-state index in [0.29, 0.717) is 0 Å². The summed E-state index contributed by atoms with van der Waals surface area (Å²) in [6.07, 6.45) is -2.56. The number of cyclic esters (lactones) is 2. The molecule has 6 fully saturated rings. The van der Waals surface area contributed by atoms with Crippen LogP contribution in [0.4, 0.5) is 9.59 Å². The molecule has 0 spiro atoms. The number of carbonyl (C=O) groups is 6. The van der Waals surface area contributed by atoms with E-state index in [9.17, 15) is 37.2 Å². The fraction of sp³-hybridized carbons (Fsp3) is 0.769. The van der Waals surface area contributed by atoms with Gasteiger partial charge in [-0.15, -0.1) is 0 Å². The molecule has 18 nitrogen and oxygen atoms in total. The molecule has 4 N–H and O–H groups in total. The molecule has 19 heteroatoms. The average molecular weight is 657 g/mol. The lowest BCUT2D eigenvalue weighted by molar-refractivity contribution is -0.157. The number of fused-ring (bicyclic) bond motifs is 4. The number of rotatable bonds is 10. The molecule has 0 saturated carbocycles. The topological polar surface area (TPSA) is 238 Å².